The van der Waals surface area contributed by atoms with Crippen LogP contribution in [0.2, 0.25) is 0 Å². The van der Waals surface area contributed by atoms with Gasteiger partial charge in [0, 0.05) is 123 Å². The van der Waals surface area contributed by atoms with E-state index < -0.39 is 11.8 Å². The van der Waals surface area contributed by atoms with Crippen molar-refractivity contribution in [2.45, 2.75) is 340 Å². The second kappa shape index (κ2) is 34.0. The summed E-state index contributed by atoms with van der Waals surface area (Å²) in [6.07, 6.45) is 0. The average Bonchev–Trinajstić information content (AvgIpc) is 0.740. The van der Waals surface area contributed by atoms with E-state index in [0.717, 1.165) is 66.8 Å². The summed E-state index contributed by atoms with van der Waals surface area (Å²) in [7, 11) is 0. The van der Waals surface area contributed by atoms with Gasteiger partial charge in [0.2, 0.25) is 0 Å². The van der Waals surface area contributed by atoms with Crippen molar-refractivity contribution >= 4 is 0 Å². The third kappa shape index (κ3) is 23.3. The summed E-state index contributed by atoms with van der Waals surface area (Å²) in [5, 5.41) is 74.1. The molecule has 0 fully saturated rings. The first-order valence-electron chi connectivity index (χ1n) is 35.4. The van der Waals surface area contributed by atoms with E-state index in [1.165, 1.54) is 0 Å². The van der Waals surface area contributed by atoms with Crippen LogP contribution in [0.4, 0.5) is 0 Å². The van der Waals surface area contributed by atoms with Crippen LogP contribution in [-0.2, 0) is 143 Å². The van der Waals surface area contributed by atoms with Crippen molar-refractivity contribution in [3.63, 3.8) is 0 Å². The SMILES string of the molecule is CC(C)(C)c1cc(C(c2cc(C(C)(C)C)cc(C(C)(C)C)c2O)c2cc(C(C)(C)C)cc(C(C)(C)C)c2O)c(O)c(C(C)(C)C)c1.CC(C)(C)c1cc(C(c2cc(C(C)(C)C)cc(C(C)(C)C)c2O)c2cc(C(C)(C)C)cc(C(C)(C)C)c2O)c(O)c(C(C)(C)C)c1.[CH2-]C.[CH2-]C.[Zn].[Zn].[Zn].[Zn]. The minimum atomic E-state index is -0.643. The topological polar surface area (TPSA) is 121 Å². The van der Waals surface area contributed by atoms with Gasteiger partial charge in [0.1, 0.15) is 34.5 Å². The Morgan fingerprint density at radius 3 is 0.340 bits per heavy atom. The molecule has 0 saturated heterocycles. The first-order chi connectivity index (χ1) is 42.7. The maximum atomic E-state index is 12.3. The Kier molecular flexibility index (Phi) is 33.6. The monoisotopic (exact) mass is 1570 g/mol. The number of hydrogen-bond acceptors (Lipinski definition) is 6. The largest absolute Gasteiger partial charge is 0.507 e. The van der Waals surface area contributed by atoms with Crippen LogP contribution in [0.1, 0.15) is 375 Å². The summed E-state index contributed by atoms with van der Waals surface area (Å²) in [6.45, 7) is 87.6. The van der Waals surface area contributed by atoms with Crippen molar-refractivity contribution in [3.05, 3.63) is 187 Å². The van der Waals surface area contributed by atoms with E-state index in [4.69, 9.17) is 0 Å². The van der Waals surface area contributed by atoms with E-state index in [2.05, 4.69) is 336 Å². The Labute approximate surface area is 664 Å². The van der Waals surface area contributed by atoms with Crippen LogP contribution in [0, 0.1) is 13.8 Å². The predicted octanol–water partition coefficient (Wildman–Crippen LogP) is 25.2. The molecule has 0 saturated carbocycles. The van der Waals surface area contributed by atoms with E-state index in [1.807, 2.05) is 0 Å². The van der Waals surface area contributed by atoms with Crippen molar-refractivity contribution in [1.82, 2.24) is 0 Å². The average molecular weight is 1580 g/mol. The first-order valence-corrected chi connectivity index (χ1v) is 35.4. The molecule has 0 heterocycles. The minimum Gasteiger partial charge on any atom is -0.507 e. The van der Waals surface area contributed by atoms with Crippen LogP contribution in [0.3, 0.4) is 0 Å². The molecule has 0 aliphatic heterocycles. The number of phenols is 6. The number of hydrogen-bond donors (Lipinski definition) is 6. The molecule has 0 atom stereocenters. The van der Waals surface area contributed by atoms with Gasteiger partial charge < -0.3 is 44.5 Å². The molecule has 6 aromatic carbocycles. The van der Waals surface area contributed by atoms with Crippen LogP contribution in [0.15, 0.2) is 72.8 Å². The van der Waals surface area contributed by atoms with Gasteiger partial charge in [-0.3, -0.25) is 0 Å². The molecule has 6 aromatic rings. The Balaban J connectivity index is 0. The third-order valence-electron chi connectivity index (χ3n) is 18.7. The standard InChI is InChI=1S/2C43H64O3.2C2H5.4Zn/c2*1-38(2,3)25-19-28(35(44)31(22-25)41(10,11)12)34(29-20-26(39(4,5)6)23-32(36(29)45)42(13,14)15)30-21-27(40(7,8)9)24-33(37(30)46)43(16,17)18;2*1-2;;;;/h2*19-24,34,44-46H,1-18H3;2*1H2,2H3;;;;/q;;2*-1;;;;. The molecule has 0 bridgehead atoms. The molecular weight excluding hydrogens is 1440 g/mol. The van der Waals surface area contributed by atoms with E-state index in [0.29, 0.717) is 33.4 Å². The van der Waals surface area contributed by atoms with Gasteiger partial charge in [0.05, 0.1) is 0 Å². The van der Waals surface area contributed by atoms with Gasteiger partial charge in [-0.1, -0.05) is 322 Å². The number of phenolic OH excluding ortho intramolecular Hbond substituents is 6. The predicted molar refractivity (Wildman–Crippen MR) is 417 cm³/mol. The van der Waals surface area contributed by atoms with Gasteiger partial charge in [-0.25, -0.2) is 0 Å². The van der Waals surface area contributed by atoms with E-state index in [9.17, 15) is 30.6 Å². The van der Waals surface area contributed by atoms with Gasteiger partial charge in [0.25, 0.3) is 0 Å². The molecule has 6 N–H and O–H groups in total. The number of benzene rings is 6. The van der Waals surface area contributed by atoms with Crippen molar-refractivity contribution in [2.75, 3.05) is 0 Å². The summed E-state index contributed by atoms with van der Waals surface area (Å²) in [4.78, 5) is 0. The summed E-state index contributed by atoms with van der Waals surface area (Å²) in [5.41, 5.74) is 12.6. The van der Waals surface area contributed by atoms with Crippen LogP contribution in [0.25, 0.3) is 0 Å². The molecule has 0 spiro atoms. The number of aromatic hydroxyl groups is 6. The second-order valence-electron chi connectivity index (χ2n) is 39.6. The normalized spacial score (nSPS) is 12.9. The zero-order chi connectivity index (χ0) is 75.5. The third-order valence-corrected chi connectivity index (χ3v) is 18.7. The van der Waals surface area contributed by atoms with Crippen molar-refractivity contribution in [1.29, 1.82) is 0 Å². The van der Waals surface area contributed by atoms with Gasteiger partial charge in [-0.05, 0) is 132 Å². The van der Waals surface area contributed by atoms with Gasteiger partial charge in [-0.15, -0.1) is 0 Å². The van der Waals surface area contributed by atoms with E-state index >= 15 is 0 Å². The van der Waals surface area contributed by atoms with Crippen LogP contribution >= 0.6 is 0 Å². The molecule has 0 aliphatic rings. The zero-order valence-corrected chi connectivity index (χ0v) is 82.9. The second-order valence-corrected chi connectivity index (χ2v) is 39.6. The maximum Gasteiger partial charge on any atom is 0.123 e. The fourth-order valence-electron chi connectivity index (χ4n) is 12.3. The van der Waals surface area contributed by atoms with Crippen molar-refractivity contribution in [3.8, 4) is 34.5 Å². The Morgan fingerprint density at radius 2 is 0.270 bits per heavy atom. The number of rotatable bonds is 6. The molecule has 544 valence electrons. The summed E-state index contributed by atoms with van der Waals surface area (Å²) in [6, 6.07) is 25.4. The van der Waals surface area contributed by atoms with Gasteiger partial charge in [0.15, 0.2) is 0 Å². The molecule has 0 aliphatic carbocycles. The minimum absolute atomic E-state index is 0. The van der Waals surface area contributed by atoms with E-state index in [1.54, 1.807) is 13.8 Å². The quantitative estimate of drug-likeness (QED) is 0.0561. The van der Waals surface area contributed by atoms with Crippen LogP contribution in [0.5, 0.6) is 34.5 Å². The van der Waals surface area contributed by atoms with E-state index in [-0.39, 0.29) is 177 Å². The summed E-state index contributed by atoms with van der Waals surface area (Å²) < 4.78 is 0. The summed E-state index contributed by atoms with van der Waals surface area (Å²) in [5.74, 6) is -0.0298. The van der Waals surface area contributed by atoms with Crippen molar-refractivity contribution in [2.24, 2.45) is 0 Å². The molecule has 0 radical (unpaired) electrons. The first kappa shape index (κ1) is 98.7. The van der Waals surface area contributed by atoms with Gasteiger partial charge in [-0.2, -0.15) is 13.8 Å². The molecular formula is C90H138O6Zn4-2. The Morgan fingerprint density at radius 1 is 0.180 bits per heavy atom. The fourth-order valence-corrected chi connectivity index (χ4v) is 12.3. The van der Waals surface area contributed by atoms with Gasteiger partial charge >= 0.3 is 0 Å². The Bertz CT molecular complexity index is 3070. The zero-order valence-electron chi connectivity index (χ0n) is 71.0. The fraction of sp³-hybridized carbons (Fsp3) is 0.578. The molecule has 0 amide bonds. The molecule has 10 heteroatoms. The van der Waals surface area contributed by atoms with Crippen molar-refractivity contribution < 1.29 is 109 Å². The molecule has 0 unspecified atom stereocenters. The van der Waals surface area contributed by atoms with Crippen LogP contribution in [-0.4, -0.2) is 30.6 Å². The Hall–Kier alpha value is -3.39. The smallest absolute Gasteiger partial charge is 0.123 e. The summed E-state index contributed by atoms with van der Waals surface area (Å²) >= 11 is 0. The molecule has 0 aromatic heterocycles. The maximum absolute atomic E-state index is 12.3. The molecule has 100 heavy (non-hydrogen) atoms. The molecule has 6 nitrogen and oxygen atoms in total. The molecule has 6 rings (SSSR count). The van der Waals surface area contributed by atoms with Crippen LogP contribution < -0.4 is 0 Å².